The van der Waals surface area contributed by atoms with Gasteiger partial charge in [-0.25, -0.2) is 4.58 Å². The van der Waals surface area contributed by atoms with E-state index in [1.807, 2.05) is 27.7 Å². The lowest BCUT2D eigenvalue weighted by Crippen LogP contribution is -2.31. The Balaban J connectivity index is 2.00. The van der Waals surface area contributed by atoms with Crippen LogP contribution in [-0.4, -0.2) is 52.5 Å². The summed E-state index contributed by atoms with van der Waals surface area (Å²) < 4.78 is 2.06. The molecule has 0 heterocycles. The maximum Gasteiger partial charge on any atom is 0.203 e. The summed E-state index contributed by atoms with van der Waals surface area (Å²) in [6.07, 6.45) is 4.97. The molecule has 1 aromatic carbocycles. The number of benzene rings is 1. The summed E-state index contributed by atoms with van der Waals surface area (Å²) in [6, 6.07) is 4.97. The third-order valence-corrected chi connectivity index (χ3v) is 5.67. The van der Waals surface area contributed by atoms with Gasteiger partial charge in [0.25, 0.3) is 0 Å². The smallest absolute Gasteiger partial charge is 0.203 e. The van der Waals surface area contributed by atoms with Gasteiger partial charge in [0.05, 0.1) is 6.08 Å². The highest BCUT2D eigenvalue weighted by atomic mass is 16.3. The number of anilines is 1. The molecule has 0 fully saturated rings. The first-order valence-electron chi connectivity index (χ1n) is 10.4. The fraction of sp³-hybridized carbons (Fsp3) is 0.333. The van der Waals surface area contributed by atoms with E-state index < -0.39 is 11.5 Å². The fourth-order valence-corrected chi connectivity index (χ4v) is 3.92. The van der Waals surface area contributed by atoms with Crippen molar-refractivity contribution in [1.29, 1.82) is 0 Å². The largest absolute Gasteiger partial charge is 0.871 e. The second-order valence-corrected chi connectivity index (χ2v) is 7.16. The maximum atomic E-state index is 12.8. The van der Waals surface area contributed by atoms with Crippen molar-refractivity contribution in [2.75, 3.05) is 31.1 Å². The Morgan fingerprint density at radius 1 is 1.00 bits per heavy atom. The summed E-state index contributed by atoms with van der Waals surface area (Å²) in [4.78, 5) is 14.9. The van der Waals surface area contributed by atoms with Crippen molar-refractivity contribution in [3.63, 3.8) is 0 Å². The summed E-state index contributed by atoms with van der Waals surface area (Å²) in [5, 5.41) is 33.7. The van der Waals surface area contributed by atoms with E-state index in [4.69, 9.17) is 0 Å². The number of aliphatic hydroxyl groups is 1. The highest BCUT2D eigenvalue weighted by Gasteiger charge is 2.34. The molecule has 0 atom stereocenters. The monoisotopic (exact) mass is 408 g/mol. The van der Waals surface area contributed by atoms with Gasteiger partial charge < -0.3 is 20.2 Å². The van der Waals surface area contributed by atoms with E-state index in [0.717, 1.165) is 37.6 Å². The summed E-state index contributed by atoms with van der Waals surface area (Å²) in [6.45, 7) is 11.2. The number of aliphatic hydroxyl groups excluding tert-OH is 1. The van der Waals surface area contributed by atoms with Crippen molar-refractivity contribution in [2.45, 2.75) is 27.7 Å². The molecular weight excluding hydrogens is 380 g/mol. The first kappa shape index (κ1) is 21.4. The zero-order chi connectivity index (χ0) is 22.0. The molecule has 3 rings (SSSR count). The number of carbonyl (C=O) groups is 1. The van der Waals surface area contributed by atoms with Crippen molar-refractivity contribution in [2.24, 2.45) is 0 Å². The minimum atomic E-state index is -0.461. The first-order valence-corrected chi connectivity index (χ1v) is 10.4. The second-order valence-electron chi connectivity index (χ2n) is 7.16. The van der Waals surface area contributed by atoms with Gasteiger partial charge in [-0.15, -0.1) is 0 Å². The van der Waals surface area contributed by atoms with Crippen LogP contribution in [0.2, 0.25) is 0 Å². The van der Waals surface area contributed by atoms with Gasteiger partial charge in [0, 0.05) is 53.2 Å². The molecule has 6 heteroatoms. The van der Waals surface area contributed by atoms with Crippen molar-refractivity contribution in [3.8, 4) is 5.75 Å². The van der Waals surface area contributed by atoms with Crippen LogP contribution in [0.3, 0.4) is 0 Å². The molecule has 0 spiro atoms. The molecule has 0 bridgehead atoms. The predicted octanol–water partition coefficient (Wildman–Crippen LogP) is 2.69. The molecule has 0 saturated heterocycles. The van der Waals surface area contributed by atoms with Crippen LogP contribution >= 0.6 is 0 Å². The van der Waals surface area contributed by atoms with Gasteiger partial charge >= 0.3 is 0 Å². The highest BCUT2D eigenvalue weighted by Crippen LogP contribution is 2.42. The number of hydrogen-bond donors (Lipinski definition) is 2. The fourth-order valence-electron chi connectivity index (χ4n) is 3.92. The Kier molecular flexibility index (Phi) is 6.15. The van der Waals surface area contributed by atoms with E-state index in [-0.39, 0.29) is 33.8 Å². The molecule has 0 aromatic heterocycles. The van der Waals surface area contributed by atoms with Gasteiger partial charge in [0.15, 0.2) is 5.78 Å². The molecule has 2 aliphatic carbocycles. The number of phenolic OH excluding ortho intramolecular Hbond substituents is 1. The minimum Gasteiger partial charge on any atom is -0.871 e. The van der Waals surface area contributed by atoms with Crippen LogP contribution in [0.1, 0.15) is 33.3 Å². The number of Topliss-reactive ketones (excluding diaryl/α,β-unsaturated/α-hetero) is 1. The SMILES string of the molecule is CCN(CC)c1ccc(C2=C([O-])/C(=C3/C=CC(=[N+](CC)CC)C=C3O)C2=O)c(O)c1. The Hall–Kier alpha value is -3.28. The Bertz CT molecular complexity index is 1030. The van der Waals surface area contributed by atoms with Crippen LogP contribution in [0.4, 0.5) is 5.69 Å². The van der Waals surface area contributed by atoms with Gasteiger partial charge in [0.1, 0.15) is 24.6 Å². The second kappa shape index (κ2) is 8.61. The summed E-state index contributed by atoms with van der Waals surface area (Å²) in [5.41, 5.74) is 2.03. The van der Waals surface area contributed by atoms with Gasteiger partial charge in [0.2, 0.25) is 5.71 Å². The molecule has 0 unspecified atom stereocenters. The van der Waals surface area contributed by atoms with Crippen LogP contribution in [0.5, 0.6) is 5.75 Å². The van der Waals surface area contributed by atoms with E-state index in [0.29, 0.717) is 0 Å². The number of nitrogens with zero attached hydrogens (tertiary/aromatic N) is 2. The summed E-state index contributed by atoms with van der Waals surface area (Å²) >= 11 is 0. The van der Waals surface area contributed by atoms with Crippen molar-refractivity contribution < 1.29 is 24.7 Å². The maximum absolute atomic E-state index is 12.8. The number of carbonyl (C=O) groups excluding carboxylic acids is 1. The van der Waals surface area contributed by atoms with Crippen molar-refractivity contribution >= 4 is 22.8 Å². The highest BCUT2D eigenvalue weighted by molar-refractivity contribution is 6.39. The van der Waals surface area contributed by atoms with Crippen LogP contribution < -0.4 is 10.0 Å². The number of hydrogen-bond acceptors (Lipinski definition) is 5. The Labute approximate surface area is 177 Å². The third-order valence-electron chi connectivity index (χ3n) is 5.67. The molecular formula is C24H28N2O4. The average molecular weight is 408 g/mol. The molecule has 30 heavy (non-hydrogen) atoms. The van der Waals surface area contributed by atoms with E-state index >= 15 is 0 Å². The normalized spacial score (nSPS) is 18.5. The topological polar surface area (TPSA) is 86.8 Å². The predicted molar refractivity (Wildman–Crippen MR) is 117 cm³/mol. The summed E-state index contributed by atoms with van der Waals surface area (Å²) in [5.74, 6) is -1.12. The van der Waals surface area contributed by atoms with Crippen molar-refractivity contribution in [1.82, 2.24) is 0 Å². The summed E-state index contributed by atoms with van der Waals surface area (Å²) in [7, 11) is 0. The number of rotatable bonds is 6. The number of ketones is 1. The van der Waals surface area contributed by atoms with Crippen molar-refractivity contribution in [3.05, 3.63) is 64.7 Å². The standard InChI is InChI=1S/C24H28N2O4/c1-5-25(6-2)15-9-11-17(19(27)13-15)21-23(29)22(24(21)30)18-12-10-16(14-20(18)28)26(7-3)8-4/h9-14H,5-8H2,1-4H3,(H2,27,28,29,30). The molecule has 0 radical (unpaired) electrons. The lowest BCUT2D eigenvalue weighted by Gasteiger charge is -2.33. The Morgan fingerprint density at radius 2 is 1.67 bits per heavy atom. The van der Waals surface area contributed by atoms with Gasteiger partial charge in [-0.1, -0.05) is 5.76 Å². The molecule has 2 aliphatic rings. The number of aromatic hydroxyl groups is 1. The molecule has 6 nitrogen and oxygen atoms in total. The van der Waals surface area contributed by atoms with Gasteiger partial charge in [-0.3, -0.25) is 4.79 Å². The molecule has 158 valence electrons. The quantitative estimate of drug-likeness (QED) is 0.558. The van der Waals surface area contributed by atoms with Gasteiger partial charge in [-0.05, 0) is 45.9 Å². The molecule has 1 aromatic rings. The van der Waals surface area contributed by atoms with Gasteiger partial charge in [-0.2, -0.15) is 0 Å². The zero-order valence-corrected chi connectivity index (χ0v) is 17.9. The lowest BCUT2D eigenvalue weighted by atomic mass is 9.79. The Morgan fingerprint density at radius 3 is 2.17 bits per heavy atom. The van der Waals surface area contributed by atoms with Crippen LogP contribution in [0.15, 0.2) is 59.1 Å². The molecule has 2 N–H and O–H groups in total. The number of phenols is 1. The van der Waals surface area contributed by atoms with Crippen LogP contribution in [-0.2, 0) is 4.79 Å². The van der Waals surface area contributed by atoms with E-state index in [1.54, 1.807) is 36.4 Å². The molecule has 0 saturated carbocycles. The third kappa shape index (κ3) is 3.54. The van der Waals surface area contributed by atoms with Crippen LogP contribution in [0, 0.1) is 0 Å². The molecule has 0 aliphatic heterocycles. The number of allylic oxidation sites excluding steroid dienone is 5. The average Bonchev–Trinajstić information content (AvgIpc) is 2.73. The van der Waals surface area contributed by atoms with E-state index in [9.17, 15) is 20.1 Å². The lowest BCUT2D eigenvalue weighted by molar-refractivity contribution is -0.519. The van der Waals surface area contributed by atoms with E-state index in [1.165, 1.54) is 0 Å². The minimum absolute atomic E-state index is 0.0409. The van der Waals surface area contributed by atoms with E-state index in [2.05, 4.69) is 9.48 Å². The first-order chi connectivity index (χ1) is 14.4. The molecule has 0 amide bonds. The van der Waals surface area contributed by atoms with Crippen LogP contribution in [0.25, 0.3) is 5.57 Å². The zero-order valence-electron chi connectivity index (χ0n) is 17.9.